The molecule has 0 spiro atoms. The van der Waals surface area contributed by atoms with Gasteiger partial charge in [0.25, 0.3) is 0 Å². The minimum absolute atomic E-state index is 0.0417. The maximum atomic E-state index is 11.1. The molecule has 294 valence electrons. The van der Waals surface area contributed by atoms with Gasteiger partial charge < -0.3 is 34.5 Å². The van der Waals surface area contributed by atoms with Crippen molar-refractivity contribution in [3.63, 3.8) is 0 Å². The molecule has 0 aliphatic rings. The Morgan fingerprint density at radius 3 is 1.80 bits per heavy atom. The largest absolute Gasteiger partial charge is 0.504 e. The predicted octanol–water partition coefficient (Wildman–Crippen LogP) is 9.46. The number of nitrogens with one attached hydrogen (secondary N) is 2. The fourth-order valence-electron chi connectivity index (χ4n) is 2.66. The van der Waals surface area contributed by atoms with Gasteiger partial charge in [-0.2, -0.15) is 0 Å². The van der Waals surface area contributed by atoms with Crippen molar-refractivity contribution in [3.05, 3.63) is 58.3 Å². The Morgan fingerprint density at radius 2 is 1.44 bits per heavy atom. The number of nitrogens with zero attached hydrogens (tertiary/aromatic N) is 2. The second kappa shape index (κ2) is 42.3. The lowest BCUT2D eigenvalue weighted by molar-refractivity contribution is -0.125. The highest BCUT2D eigenvalue weighted by Gasteiger charge is 2.24. The highest BCUT2D eigenvalue weighted by Crippen LogP contribution is 2.13. The molecule has 2 N–H and O–H groups in total. The Kier molecular flexibility index (Phi) is 50.1. The van der Waals surface area contributed by atoms with Crippen molar-refractivity contribution < 1.29 is 23.7 Å². The van der Waals surface area contributed by atoms with Crippen LogP contribution in [0.1, 0.15) is 95.9 Å². The normalized spacial score (nSPS) is 12.1. The summed E-state index contributed by atoms with van der Waals surface area (Å²) in [5, 5.41) is 7.92. The zero-order chi connectivity index (χ0) is 40.6. The van der Waals surface area contributed by atoms with Crippen molar-refractivity contribution in [1.29, 1.82) is 0 Å². The quantitative estimate of drug-likeness (QED) is 0.0382. The highest BCUT2D eigenvalue weighted by atomic mass is 35.5. The number of hydrogen-bond donors (Lipinski definition) is 2. The molecule has 1 amide bonds. The van der Waals surface area contributed by atoms with Crippen LogP contribution in [0.3, 0.4) is 0 Å². The van der Waals surface area contributed by atoms with Gasteiger partial charge in [-0.25, -0.2) is 0 Å². The number of carbonyl (C=O) groups excluding carboxylic acids is 1. The van der Waals surface area contributed by atoms with E-state index in [-0.39, 0.29) is 11.1 Å². The van der Waals surface area contributed by atoms with E-state index >= 15 is 0 Å². The molecule has 0 unspecified atom stereocenters. The van der Waals surface area contributed by atoms with Crippen molar-refractivity contribution in [2.45, 2.75) is 107 Å². The van der Waals surface area contributed by atoms with Crippen LogP contribution in [0.5, 0.6) is 0 Å². The van der Waals surface area contributed by atoms with E-state index in [0.717, 1.165) is 46.4 Å². The third-order valence-corrected chi connectivity index (χ3v) is 6.22. The molecule has 0 aromatic carbocycles. The van der Waals surface area contributed by atoms with Gasteiger partial charge >= 0.3 is 0 Å². The molecule has 0 aliphatic carbocycles. The molecule has 11 heteroatoms. The van der Waals surface area contributed by atoms with Gasteiger partial charge in [0.1, 0.15) is 5.82 Å². The number of aliphatic imine (C=N–C) groups is 1. The molecule has 0 aromatic rings. The maximum absolute atomic E-state index is 11.1. The van der Waals surface area contributed by atoms with Crippen LogP contribution in [-0.4, -0.2) is 89.9 Å². The van der Waals surface area contributed by atoms with E-state index in [0.29, 0.717) is 26.3 Å². The molecule has 0 heterocycles. The zero-order valence-electron chi connectivity index (χ0n) is 34.6. The first-order valence-corrected chi connectivity index (χ1v) is 17.4. The number of rotatable bonds is 17. The lowest BCUT2D eigenvalue weighted by Crippen LogP contribution is -2.46. The van der Waals surface area contributed by atoms with Gasteiger partial charge in [-0.1, -0.05) is 49.2 Å². The van der Waals surface area contributed by atoms with Crippen LogP contribution in [0.4, 0.5) is 0 Å². The van der Waals surface area contributed by atoms with Crippen molar-refractivity contribution in [1.82, 2.24) is 15.5 Å². The van der Waals surface area contributed by atoms with E-state index in [1.807, 2.05) is 114 Å². The number of methoxy groups -OCH3 is 3. The number of unbranched alkanes of at least 4 members (excludes halogenated alkanes) is 1. The summed E-state index contributed by atoms with van der Waals surface area (Å²) in [4.78, 5) is 16.9. The van der Waals surface area contributed by atoms with Crippen molar-refractivity contribution in [3.8, 4) is 12.8 Å². The second-order valence-corrected chi connectivity index (χ2v) is 12.7. The summed E-state index contributed by atoms with van der Waals surface area (Å²) >= 11 is 11.0. The van der Waals surface area contributed by atoms with Crippen molar-refractivity contribution in [2.75, 3.05) is 61.7 Å². The van der Waals surface area contributed by atoms with Gasteiger partial charge in [0.05, 0.1) is 44.0 Å². The molecular weight excluding hydrogens is 675 g/mol. The van der Waals surface area contributed by atoms with E-state index in [9.17, 15) is 4.79 Å². The first-order chi connectivity index (χ1) is 23.4. The van der Waals surface area contributed by atoms with Crippen LogP contribution >= 0.6 is 23.2 Å². The third-order valence-electron chi connectivity index (χ3n) is 5.84. The van der Waals surface area contributed by atoms with Crippen LogP contribution in [0.25, 0.3) is 0 Å². The van der Waals surface area contributed by atoms with E-state index < -0.39 is 0 Å². The number of allylic oxidation sites excluding steroid dienone is 6. The SMILES string of the molecule is C#C.C/C=C(\C)Cl.CC.CN/C(NC/C=C(\C)Cl)=C(C)/C=C/OC.CN=C(C)/C=C/OCCCCN(C=O)C(C)(C)COC.COC(C)(C)C. The maximum Gasteiger partial charge on any atom is 0.210 e. The lowest BCUT2D eigenvalue weighted by atomic mass is 10.0. The van der Waals surface area contributed by atoms with Crippen LogP contribution in [-0.2, 0) is 23.7 Å². The fourth-order valence-corrected chi connectivity index (χ4v) is 2.74. The summed E-state index contributed by atoms with van der Waals surface area (Å²) in [6, 6.07) is 0. The molecule has 0 aliphatic heterocycles. The number of carbonyl (C=O) groups is 1. The molecule has 0 rings (SSSR count). The van der Waals surface area contributed by atoms with E-state index in [1.54, 1.807) is 45.8 Å². The van der Waals surface area contributed by atoms with Crippen LogP contribution in [0, 0.1) is 12.8 Å². The summed E-state index contributed by atoms with van der Waals surface area (Å²) in [7, 11) is 8.58. The van der Waals surface area contributed by atoms with Gasteiger partial charge in [-0.3, -0.25) is 9.79 Å². The molecule has 0 aromatic heterocycles. The van der Waals surface area contributed by atoms with E-state index in [2.05, 4.69) is 28.5 Å². The third kappa shape index (κ3) is 49.5. The van der Waals surface area contributed by atoms with E-state index in [4.69, 9.17) is 42.1 Å². The fraction of sp³-hybridized carbons (Fsp3) is 0.641. The minimum atomic E-state index is -0.272. The monoisotopic (exact) mass is 749 g/mol. The van der Waals surface area contributed by atoms with Gasteiger partial charge in [0.2, 0.25) is 6.41 Å². The summed E-state index contributed by atoms with van der Waals surface area (Å²) < 4.78 is 20.3. The van der Waals surface area contributed by atoms with Crippen molar-refractivity contribution >= 4 is 35.3 Å². The first kappa shape index (κ1) is 59.3. The van der Waals surface area contributed by atoms with Gasteiger partial charge in [0.15, 0.2) is 0 Å². The van der Waals surface area contributed by atoms with Gasteiger partial charge in [-0.05, 0) is 99.8 Å². The molecule has 50 heavy (non-hydrogen) atoms. The molecule has 0 atom stereocenters. The molecule has 9 nitrogen and oxygen atoms in total. The Morgan fingerprint density at radius 1 is 0.920 bits per heavy atom. The highest BCUT2D eigenvalue weighted by molar-refractivity contribution is 6.29. The summed E-state index contributed by atoms with van der Waals surface area (Å²) in [5.74, 6) is 0.956. The first-order valence-electron chi connectivity index (χ1n) is 16.7. The number of hydrogen-bond acceptors (Lipinski definition) is 8. The van der Waals surface area contributed by atoms with Gasteiger partial charge in [0, 0.05) is 57.2 Å². The number of amides is 1. The van der Waals surface area contributed by atoms with Crippen LogP contribution in [0.15, 0.2) is 63.3 Å². The van der Waals surface area contributed by atoms with Crippen LogP contribution < -0.4 is 10.6 Å². The average molecular weight is 750 g/mol. The van der Waals surface area contributed by atoms with Crippen molar-refractivity contribution in [2.24, 2.45) is 4.99 Å². The second-order valence-electron chi connectivity index (χ2n) is 11.5. The van der Waals surface area contributed by atoms with E-state index in [1.165, 1.54) is 0 Å². The number of ether oxygens (including phenoxy) is 4. The Labute approximate surface area is 318 Å². The molecular formula is C39H74Cl2N4O5. The standard InChI is InChI=1S/C15H28N2O3.C11H19ClN2O.C5H12O.C4H7Cl.C2H6.C2H2/c1-14(16-4)8-11-20-10-7-6-9-17(13-18)15(2,3)12-19-5;1-9(6-8-15-4)11(13-3)14-7-5-10(2)12;1-5(2,3)6-4;1-3-4(2)5;2*1-2/h8,11,13H,6-7,9-10,12H2,1-5H3;5-6,8,13-14H,7H2,1-4H3;1-4H3;3H,1-2H3;1-2H3;1-2H/b11-8+,16-14?;8-6+,10-5+,11-9-;;4-3+;;. The minimum Gasteiger partial charge on any atom is -0.504 e. The lowest BCUT2D eigenvalue weighted by Gasteiger charge is -2.35. The predicted molar refractivity (Wildman–Crippen MR) is 221 cm³/mol. The Bertz CT molecular complexity index is 973. The topological polar surface area (TPSA) is 93.7 Å². The molecule has 0 fully saturated rings. The number of terminal acetylenes is 1. The summed E-state index contributed by atoms with van der Waals surface area (Å²) in [5.41, 5.74) is 1.77. The molecule has 0 saturated carbocycles. The van der Waals surface area contributed by atoms with Gasteiger partial charge in [-0.15, -0.1) is 12.8 Å². The molecule has 0 bridgehead atoms. The number of halogens is 2. The molecule has 0 saturated heterocycles. The smallest absolute Gasteiger partial charge is 0.210 e. The van der Waals surface area contributed by atoms with Crippen LogP contribution in [0.2, 0.25) is 0 Å². The summed E-state index contributed by atoms with van der Waals surface area (Å²) in [6.07, 6.45) is 21.5. The Balaban J connectivity index is -0.000000141. The molecule has 0 radical (unpaired) electrons. The zero-order valence-corrected chi connectivity index (χ0v) is 36.1. The average Bonchev–Trinajstić information content (AvgIpc) is 3.08. The Hall–Kier alpha value is -2.90. The summed E-state index contributed by atoms with van der Waals surface area (Å²) in [6.45, 7) is 26.2.